The molecule has 2 aromatic heterocycles. The van der Waals surface area contributed by atoms with Gasteiger partial charge < -0.3 is 10.6 Å². The molecular weight excluding hydrogens is 350 g/mol. The van der Waals surface area contributed by atoms with Crippen LogP contribution in [0.4, 0.5) is 11.5 Å². The number of aryl methyl sites for hydroxylation is 1. The summed E-state index contributed by atoms with van der Waals surface area (Å²) in [6, 6.07) is 9.40. The molecule has 2 heterocycles. The van der Waals surface area contributed by atoms with Crippen LogP contribution >= 0.6 is 11.6 Å². The number of hydrogen-bond donors (Lipinski definition) is 2. The van der Waals surface area contributed by atoms with Crippen LogP contribution in [0.3, 0.4) is 0 Å². The molecule has 1 aromatic carbocycles. The number of carbonyl (C=O) groups is 1. The Morgan fingerprint density at radius 2 is 1.96 bits per heavy atom. The number of benzene rings is 1. The van der Waals surface area contributed by atoms with Crippen molar-refractivity contribution in [3.8, 4) is 0 Å². The minimum Gasteiger partial charge on any atom is -0.368 e. The molecule has 0 unspecified atom stereocenters. The Bertz CT molecular complexity index is 916. The average molecular weight is 368 g/mol. The second kappa shape index (κ2) is 8.40. The van der Waals surface area contributed by atoms with Gasteiger partial charge in [-0.05, 0) is 42.7 Å². The Hall–Kier alpha value is -2.99. The summed E-state index contributed by atoms with van der Waals surface area (Å²) in [6.45, 7) is 2.59. The highest BCUT2D eigenvalue weighted by molar-refractivity contribution is 6.29. The topological polar surface area (TPSA) is 79.8 Å². The van der Waals surface area contributed by atoms with E-state index in [1.807, 2.05) is 31.2 Å². The fourth-order valence-electron chi connectivity index (χ4n) is 2.46. The fraction of sp³-hybridized carbons (Fsp3) is 0.158. The third-order valence-corrected chi connectivity index (χ3v) is 3.83. The number of nitrogens with zero attached hydrogens (tertiary/aromatic N) is 3. The van der Waals surface area contributed by atoms with Crippen molar-refractivity contribution in [2.45, 2.75) is 13.3 Å². The van der Waals surface area contributed by atoms with Gasteiger partial charge in [-0.3, -0.25) is 14.8 Å². The second-order valence-electron chi connectivity index (χ2n) is 5.81. The van der Waals surface area contributed by atoms with Gasteiger partial charge in [-0.1, -0.05) is 23.7 Å². The van der Waals surface area contributed by atoms with E-state index in [1.54, 1.807) is 24.7 Å². The number of anilines is 2. The van der Waals surface area contributed by atoms with E-state index in [4.69, 9.17) is 11.6 Å². The van der Waals surface area contributed by atoms with E-state index in [0.29, 0.717) is 28.8 Å². The van der Waals surface area contributed by atoms with Crippen LogP contribution in [0.1, 0.15) is 21.5 Å². The lowest BCUT2D eigenvalue weighted by Crippen LogP contribution is -2.13. The van der Waals surface area contributed by atoms with Gasteiger partial charge in [0.25, 0.3) is 5.91 Å². The quantitative estimate of drug-likeness (QED) is 0.693. The van der Waals surface area contributed by atoms with Crippen molar-refractivity contribution >= 4 is 29.0 Å². The fourth-order valence-corrected chi connectivity index (χ4v) is 2.60. The Labute approximate surface area is 156 Å². The summed E-state index contributed by atoms with van der Waals surface area (Å²) >= 11 is 5.81. The number of aromatic nitrogens is 3. The molecule has 7 heteroatoms. The molecule has 0 spiro atoms. The van der Waals surface area contributed by atoms with E-state index in [9.17, 15) is 4.79 Å². The van der Waals surface area contributed by atoms with Gasteiger partial charge in [0.05, 0.1) is 24.3 Å². The molecule has 0 atom stereocenters. The summed E-state index contributed by atoms with van der Waals surface area (Å²) < 4.78 is 0. The molecule has 3 aromatic rings. The zero-order chi connectivity index (χ0) is 18.4. The molecule has 3 rings (SSSR count). The number of halogens is 1. The smallest absolute Gasteiger partial charge is 0.255 e. The summed E-state index contributed by atoms with van der Waals surface area (Å²) in [6.07, 6.45) is 7.21. The molecule has 0 radical (unpaired) electrons. The van der Waals surface area contributed by atoms with Gasteiger partial charge in [0, 0.05) is 18.3 Å². The number of hydrogen-bond acceptors (Lipinski definition) is 5. The highest BCUT2D eigenvalue weighted by atomic mass is 35.5. The minimum absolute atomic E-state index is 0.159. The van der Waals surface area contributed by atoms with Gasteiger partial charge >= 0.3 is 0 Å². The van der Waals surface area contributed by atoms with Gasteiger partial charge in [-0.15, -0.1) is 0 Å². The molecule has 132 valence electrons. The maximum Gasteiger partial charge on any atom is 0.255 e. The van der Waals surface area contributed by atoms with Crippen molar-refractivity contribution in [3.05, 3.63) is 77.0 Å². The third kappa shape index (κ3) is 5.00. The minimum atomic E-state index is -0.159. The van der Waals surface area contributed by atoms with E-state index < -0.39 is 0 Å². The van der Waals surface area contributed by atoms with Crippen molar-refractivity contribution in [2.75, 3.05) is 17.2 Å². The summed E-state index contributed by atoms with van der Waals surface area (Å²) in [5, 5.41) is 6.37. The van der Waals surface area contributed by atoms with Gasteiger partial charge in [0.2, 0.25) is 0 Å². The Morgan fingerprint density at radius 1 is 1.12 bits per heavy atom. The van der Waals surface area contributed by atoms with E-state index in [2.05, 4.69) is 25.6 Å². The summed E-state index contributed by atoms with van der Waals surface area (Å²) in [5.74, 6) is 0.464. The number of carbonyl (C=O) groups excluding carboxylic acids is 1. The molecule has 0 aliphatic rings. The number of nitrogens with one attached hydrogen (secondary N) is 2. The molecule has 0 fully saturated rings. The SMILES string of the molecule is Cc1cncc(NC(=O)c2cccc(CCNc3cncc(Cl)n3)c2)c1. The molecule has 0 aliphatic carbocycles. The first-order chi connectivity index (χ1) is 12.6. The summed E-state index contributed by atoms with van der Waals surface area (Å²) in [5.41, 5.74) is 3.32. The van der Waals surface area contributed by atoms with E-state index in [-0.39, 0.29) is 5.91 Å². The predicted molar refractivity (Wildman–Crippen MR) is 103 cm³/mol. The predicted octanol–water partition coefficient (Wildman–Crippen LogP) is 3.74. The molecule has 0 aliphatic heterocycles. The van der Waals surface area contributed by atoms with Gasteiger partial charge in [-0.2, -0.15) is 0 Å². The zero-order valence-electron chi connectivity index (χ0n) is 14.2. The highest BCUT2D eigenvalue weighted by Gasteiger charge is 2.07. The molecular formula is C19H18ClN5O. The maximum atomic E-state index is 12.4. The van der Waals surface area contributed by atoms with Crippen LogP contribution in [0.5, 0.6) is 0 Å². The summed E-state index contributed by atoms with van der Waals surface area (Å²) in [4.78, 5) is 24.6. The normalized spacial score (nSPS) is 10.4. The van der Waals surface area contributed by atoms with Crippen LogP contribution in [-0.4, -0.2) is 27.4 Å². The van der Waals surface area contributed by atoms with Crippen molar-refractivity contribution in [1.82, 2.24) is 15.0 Å². The van der Waals surface area contributed by atoms with Crippen molar-refractivity contribution in [3.63, 3.8) is 0 Å². The molecule has 0 bridgehead atoms. The average Bonchev–Trinajstić information content (AvgIpc) is 2.62. The van der Waals surface area contributed by atoms with Gasteiger partial charge in [0.1, 0.15) is 11.0 Å². The molecule has 0 saturated heterocycles. The van der Waals surface area contributed by atoms with E-state index >= 15 is 0 Å². The van der Waals surface area contributed by atoms with Gasteiger partial charge in [0.15, 0.2) is 0 Å². The van der Waals surface area contributed by atoms with Crippen LogP contribution in [-0.2, 0) is 6.42 Å². The highest BCUT2D eigenvalue weighted by Crippen LogP contribution is 2.12. The second-order valence-corrected chi connectivity index (χ2v) is 6.20. The Morgan fingerprint density at radius 3 is 2.77 bits per heavy atom. The molecule has 0 saturated carbocycles. The lowest BCUT2D eigenvalue weighted by Gasteiger charge is -2.08. The van der Waals surface area contributed by atoms with Crippen LogP contribution in [0.25, 0.3) is 0 Å². The Balaban J connectivity index is 1.59. The van der Waals surface area contributed by atoms with Crippen molar-refractivity contribution < 1.29 is 4.79 Å². The third-order valence-electron chi connectivity index (χ3n) is 3.65. The largest absolute Gasteiger partial charge is 0.368 e. The molecule has 26 heavy (non-hydrogen) atoms. The lowest BCUT2D eigenvalue weighted by atomic mass is 10.1. The molecule has 2 N–H and O–H groups in total. The lowest BCUT2D eigenvalue weighted by molar-refractivity contribution is 0.102. The first-order valence-corrected chi connectivity index (χ1v) is 8.51. The van der Waals surface area contributed by atoms with Crippen LogP contribution < -0.4 is 10.6 Å². The first-order valence-electron chi connectivity index (χ1n) is 8.13. The van der Waals surface area contributed by atoms with Gasteiger partial charge in [-0.25, -0.2) is 4.98 Å². The van der Waals surface area contributed by atoms with E-state index in [0.717, 1.165) is 17.5 Å². The molecule has 1 amide bonds. The maximum absolute atomic E-state index is 12.4. The monoisotopic (exact) mass is 367 g/mol. The number of rotatable bonds is 6. The zero-order valence-corrected chi connectivity index (χ0v) is 15.0. The number of amides is 1. The molecule has 6 nitrogen and oxygen atoms in total. The number of pyridine rings is 1. The van der Waals surface area contributed by atoms with Crippen LogP contribution in [0.15, 0.2) is 55.1 Å². The van der Waals surface area contributed by atoms with Crippen molar-refractivity contribution in [2.24, 2.45) is 0 Å². The first kappa shape index (κ1) is 17.8. The van der Waals surface area contributed by atoms with Crippen LogP contribution in [0, 0.1) is 6.92 Å². The summed E-state index contributed by atoms with van der Waals surface area (Å²) in [7, 11) is 0. The van der Waals surface area contributed by atoms with E-state index in [1.165, 1.54) is 6.20 Å². The van der Waals surface area contributed by atoms with Crippen molar-refractivity contribution in [1.29, 1.82) is 0 Å². The van der Waals surface area contributed by atoms with Crippen LogP contribution in [0.2, 0.25) is 5.15 Å². The Kier molecular flexibility index (Phi) is 5.76. The standard InChI is InChI=1S/C19H18ClN5O/c1-13-7-16(10-21-9-13)24-19(26)15-4-2-3-14(8-15)5-6-23-18-12-22-11-17(20)25-18/h2-4,7-12H,5-6H2,1H3,(H,23,25)(H,24,26).